The van der Waals surface area contributed by atoms with Gasteiger partial charge in [0.1, 0.15) is 0 Å². The molecule has 0 spiro atoms. The zero-order valence-corrected chi connectivity index (χ0v) is 16.1. The number of carbonyl (C=O) groups is 1. The normalized spacial score (nSPS) is 34.9. The molecule has 0 saturated heterocycles. The van der Waals surface area contributed by atoms with Crippen molar-refractivity contribution in [1.82, 2.24) is 0 Å². The molecular weight excluding hydrogens is 296 g/mol. The van der Waals surface area contributed by atoms with Crippen molar-refractivity contribution in [2.75, 3.05) is 0 Å². The van der Waals surface area contributed by atoms with Crippen LogP contribution in [0.25, 0.3) is 0 Å². The van der Waals surface area contributed by atoms with Gasteiger partial charge >= 0.3 is 5.97 Å². The van der Waals surface area contributed by atoms with E-state index in [2.05, 4.69) is 13.8 Å². The summed E-state index contributed by atoms with van der Waals surface area (Å²) in [6.07, 6.45) is 18.7. The first-order chi connectivity index (χ1) is 11.6. The summed E-state index contributed by atoms with van der Waals surface area (Å²) in [6.45, 7) is 4.67. The monoisotopic (exact) mass is 336 g/mol. The summed E-state index contributed by atoms with van der Waals surface area (Å²) in [5.41, 5.74) is 0. The maximum Gasteiger partial charge on any atom is 0.306 e. The van der Waals surface area contributed by atoms with Gasteiger partial charge in [-0.05, 0) is 62.2 Å². The van der Waals surface area contributed by atoms with Gasteiger partial charge in [0.2, 0.25) is 0 Å². The highest BCUT2D eigenvalue weighted by atomic mass is 16.4. The third kappa shape index (κ3) is 6.41. The molecule has 0 unspecified atom stereocenters. The Balaban J connectivity index is 0.000000219. The number of hydrogen-bond acceptors (Lipinski definition) is 1. The molecule has 2 heteroatoms. The van der Waals surface area contributed by atoms with E-state index >= 15 is 0 Å². The first-order valence-electron chi connectivity index (χ1n) is 10.8. The molecule has 0 aromatic carbocycles. The molecule has 0 radical (unpaired) electrons. The lowest BCUT2D eigenvalue weighted by Gasteiger charge is -2.36. The number of carboxylic acid groups (broad SMARTS) is 1. The van der Waals surface area contributed by atoms with E-state index in [1.54, 1.807) is 0 Å². The Morgan fingerprint density at radius 1 is 0.792 bits per heavy atom. The number of rotatable bonds is 3. The van der Waals surface area contributed by atoms with Crippen LogP contribution in [0.3, 0.4) is 0 Å². The summed E-state index contributed by atoms with van der Waals surface area (Å²) >= 11 is 0. The third-order valence-corrected chi connectivity index (χ3v) is 7.15. The molecule has 3 fully saturated rings. The molecule has 3 aliphatic carbocycles. The van der Waals surface area contributed by atoms with Crippen LogP contribution in [0.2, 0.25) is 0 Å². The lowest BCUT2D eigenvalue weighted by molar-refractivity contribution is -0.143. The van der Waals surface area contributed by atoms with Crippen LogP contribution in [0.1, 0.15) is 104 Å². The smallest absolute Gasteiger partial charge is 0.306 e. The highest BCUT2D eigenvalue weighted by Crippen LogP contribution is 2.41. The molecule has 0 aromatic heterocycles. The largest absolute Gasteiger partial charge is 0.481 e. The van der Waals surface area contributed by atoms with Crippen molar-refractivity contribution in [2.24, 2.45) is 29.6 Å². The van der Waals surface area contributed by atoms with E-state index in [9.17, 15) is 4.79 Å². The predicted molar refractivity (Wildman–Crippen MR) is 101 cm³/mol. The van der Waals surface area contributed by atoms with E-state index in [-0.39, 0.29) is 5.92 Å². The Labute approximate surface area is 149 Å². The molecule has 1 N–H and O–H groups in total. The third-order valence-electron chi connectivity index (χ3n) is 7.15. The number of aliphatic carboxylic acids is 1. The van der Waals surface area contributed by atoms with Gasteiger partial charge in [-0.15, -0.1) is 0 Å². The van der Waals surface area contributed by atoms with E-state index in [4.69, 9.17) is 5.11 Å². The van der Waals surface area contributed by atoms with Gasteiger partial charge in [0.05, 0.1) is 5.92 Å². The van der Waals surface area contributed by atoms with Crippen LogP contribution in [-0.4, -0.2) is 11.1 Å². The minimum Gasteiger partial charge on any atom is -0.481 e. The van der Waals surface area contributed by atoms with E-state index in [1.165, 1.54) is 64.2 Å². The van der Waals surface area contributed by atoms with Crippen molar-refractivity contribution >= 4 is 5.97 Å². The minimum absolute atomic E-state index is 0.0428. The molecule has 3 rings (SSSR count). The van der Waals surface area contributed by atoms with Crippen LogP contribution in [0.5, 0.6) is 0 Å². The maximum absolute atomic E-state index is 10.9. The van der Waals surface area contributed by atoms with E-state index in [1.807, 2.05) is 0 Å². The molecule has 24 heavy (non-hydrogen) atoms. The van der Waals surface area contributed by atoms with E-state index in [0.717, 1.165) is 49.4 Å². The summed E-state index contributed by atoms with van der Waals surface area (Å²) in [6, 6.07) is 0. The second-order valence-electron chi connectivity index (χ2n) is 8.88. The molecule has 2 nitrogen and oxygen atoms in total. The van der Waals surface area contributed by atoms with Gasteiger partial charge in [-0.2, -0.15) is 0 Å². The van der Waals surface area contributed by atoms with Crippen LogP contribution >= 0.6 is 0 Å². The van der Waals surface area contributed by atoms with Crippen molar-refractivity contribution in [1.29, 1.82) is 0 Å². The van der Waals surface area contributed by atoms with Crippen LogP contribution in [-0.2, 0) is 4.79 Å². The zero-order valence-electron chi connectivity index (χ0n) is 16.1. The second-order valence-corrected chi connectivity index (χ2v) is 8.88. The summed E-state index contributed by atoms with van der Waals surface area (Å²) in [4.78, 5) is 10.9. The summed E-state index contributed by atoms with van der Waals surface area (Å²) in [5, 5.41) is 8.97. The van der Waals surface area contributed by atoms with Crippen molar-refractivity contribution in [3.63, 3.8) is 0 Å². The van der Waals surface area contributed by atoms with Crippen molar-refractivity contribution < 1.29 is 9.90 Å². The highest BCUT2D eigenvalue weighted by Gasteiger charge is 2.31. The number of carboxylic acids is 1. The average Bonchev–Trinajstić information content (AvgIpc) is 2.64. The van der Waals surface area contributed by atoms with Crippen molar-refractivity contribution in [3.8, 4) is 0 Å². The Bertz CT molecular complexity index is 343. The topological polar surface area (TPSA) is 37.3 Å². The van der Waals surface area contributed by atoms with Crippen LogP contribution in [0.4, 0.5) is 0 Å². The minimum atomic E-state index is -0.573. The van der Waals surface area contributed by atoms with Crippen molar-refractivity contribution in [2.45, 2.75) is 104 Å². The van der Waals surface area contributed by atoms with E-state index < -0.39 is 5.97 Å². The molecule has 140 valence electrons. The van der Waals surface area contributed by atoms with E-state index in [0.29, 0.717) is 0 Å². The van der Waals surface area contributed by atoms with Gasteiger partial charge in [-0.3, -0.25) is 4.79 Å². The average molecular weight is 337 g/mol. The quantitative estimate of drug-likeness (QED) is 0.624. The SMILES string of the molecule is CC1CCC(C2CCC(C(=O)O)CC2)CC1.CCC1CCCCC1. The summed E-state index contributed by atoms with van der Waals surface area (Å²) in [5.74, 6) is 3.14. The Kier molecular flexibility index (Phi) is 8.62. The molecular formula is C22H40O2. The van der Waals surface area contributed by atoms with Crippen LogP contribution in [0, 0.1) is 29.6 Å². The molecule has 0 bridgehead atoms. The van der Waals surface area contributed by atoms with Gasteiger partial charge in [0.25, 0.3) is 0 Å². The fourth-order valence-electron chi connectivity index (χ4n) is 5.19. The molecule has 3 saturated carbocycles. The summed E-state index contributed by atoms with van der Waals surface area (Å²) in [7, 11) is 0. The van der Waals surface area contributed by atoms with Crippen LogP contribution < -0.4 is 0 Å². The van der Waals surface area contributed by atoms with Gasteiger partial charge in [-0.1, -0.05) is 65.2 Å². The van der Waals surface area contributed by atoms with Gasteiger partial charge in [0.15, 0.2) is 0 Å². The van der Waals surface area contributed by atoms with Crippen molar-refractivity contribution in [3.05, 3.63) is 0 Å². The van der Waals surface area contributed by atoms with Crippen LogP contribution in [0.15, 0.2) is 0 Å². The van der Waals surface area contributed by atoms with Gasteiger partial charge in [0, 0.05) is 0 Å². The molecule has 3 aliphatic rings. The first kappa shape index (κ1) is 19.8. The number of hydrogen-bond donors (Lipinski definition) is 1. The Morgan fingerprint density at radius 3 is 1.71 bits per heavy atom. The Hall–Kier alpha value is -0.530. The predicted octanol–water partition coefficient (Wildman–Crippen LogP) is 6.68. The standard InChI is InChI=1S/C14H24O2.C8H16/c1-10-2-4-11(5-3-10)12-6-8-13(9-7-12)14(15)16;1-2-8-6-4-3-5-7-8/h10-13H,2-9H2,1H3,(H,15,16);8H,2-7H2,1H3. The molecule has 0 heterocycles. The summed E-state index contributed by atoms with van der Waals surface area (Å²) < 4.78 is 0. The second kappa shape index (κ2) is 10.5. The molecule has 0 aliphatic heterocycles. The first-order valence-corrected chi connectivity index (χ1v) is 10.8. The fourth-order valence-corrected chi connectivity index (χ4v) is 5.19. The zero-order chi connectivity index (χ0) is 17.4. The lowest BCUT2D eigenvalue weighted by atomic mass is 9.69. The fraction of sp³-hybridized carbons (Fsp3) is 0.955. The highest BCUT2D eigenvalue weighted by molar-refractivity contribution is 5.69. The molecule has 0 atom stereocenters. The molecule has 0 aromatic rings. The lowest BCUT2D eigenvalue weighted by Crippen LogP contribution is -2.27. The maximum atomic E-state index is 10.9. The van der Waals surface area contributed by atoms with Gasteiger partial charge in [-0.25, -0.2) is 0 Å². The molecule has 0 amide bonds. The van der Waals surface area contributed by atoms with Gasteiger partial charge < -0.3 is 5.11 Å². The Morgan fingerprint density at radius 2 is 1.29 bits per heavy atom.